The van der Waals surface area contributed by atoms with Gasteiger partial charge in [0.1, 0.15) is 11.5 Å². The number of primary amides is 1. The van der Waals surface area contributed by atoms with Crippen molar-refractivity contribution < 1.29 is 9.18 Å². The number of carbonyl (C=O) groups excluding carboxylic acids is 1. The van der Waals surface area contributed by atoms with Crippen LogP contribution in [0.1, 0.15) is 42.2 Å². The third-order valence-electron chi connectivity index (χ3n) is 3.28. The Labute approximate surface area is 123 Å². The van der Waals surface area contributed by atoms with E-state index in [0.717, 1.165) is 18.5 Å². The number of hydrogen-bond donors (Lipinski definition) is 2. The molecule has 0 radical (unpaired) electrons. The van der Waals surface area contributed by atoms with Gasteiger partial charge in [-0.05, 0) is 31.5 Å². The normalized spacial score (nSPS) is 12.3. The molecule has 1 amide bonds. The molecule has 1 unspecified atom stereocenters. The summed E-state index contributed by atoms with van der Waals surface area (Å²) in [5.74, 6) is -0.979. The van der Waals surface area contributed by atoms with Gasteiger partial charge in [-0.1, -0.05) is 19.1 Å². The molecule has 5 nitrogen and oxygen atoms in total. The molecule has 2 aromatic rings. The molecule has 0 spiro atoms. The fourth-order valence-corrected chi connectivity index (χ4v) is 2.17. The molecule has 2 rings (SSSR count). The number of hydrogen-bond acceptors (Lipinski definition) is 3. The highest BCUT2D eigenvalue weighted by Crippen LogP contribution is 2.24. The number of para-hydroxylation sites is 1. The van der Waals surface area contributed by atoms with E-state index in [4.69, 9.17) is 5.73 Å². The van der Waals surface area contributed by atoms with Gasteiger partial charge in [-0.15, -0.1) is 0 Å². The first-order valence-electron chi connectivity index (χ1n) is 6.91. The maximum absolute atomic E-state index is 14.2. The molecule has 6 heteroatoms. The molecule has 0 saturated carbocycles. The summed E-state index contributed by atoms with van der Waals surface area (Å²) in [7, 11) is 0. The Kier molecular flexibility index (Phi) is 4.70. The Bertz CT molecular complexity index is 638. The van der Waals surface area contributed by atoms with Crippen LogP contribution in [0.4, 0.5) is 4.39 Å². The van der Waals surface area contributed by atoms with E-state index in [9.17, 15) is 9.18 Å². The second kappa shape index (κ2) is 6.49. The first-order chi connectivity index (χ1) is 10.0. The topological polar surface area (TPSA) is 72.9 Å². The monoisotopic (exact) mass is 290 g/mol. The maximum Gasteiger partial charge on any atom is 0.251 e. The summed E-state index contributed by atoms with van der Waals surface area (Å²) in [5.41, 5.74) is 6.57. The number of carbonyl (C=O) groups is 1. The lowest BCUT2D eigenvalue weighted by molar-refractivity contribution is 0.100. The highest BCUT2D eigenvalue weighted by Gasteiger charge is 2.17. The maximum atomic E-state index is 14.2. The molecule has 112 valence electrons. The van der Waals surface area contributed by atoms with E-state index in [1.807, 2.05) is 13.0 Å². The molecule has 0 aliphatic carbocycles. The van der Waals surface area contributed by atoms with E-state index in [-0.39, 0.29) is 11.6 Å². The summed E-state index contributed by atoms with van der Waals surface area (Å²) < 4.78 is 15.6. The minimum absolute atomic E-state index is 0.0307. The number of benzene rings is 1. The van der Waals surface area contributed by atoms with Crippen molar-refractivity contribution in [1.29, 1.82) is 0 Å². The molecular formula is C15H19FN4O. The molecule has 0 fully saturated rings. The van der Waals surface area contributed by atoms with E-state index in [1.165, 1.54) is 23.1 Å². The van der Waals surface area contributed by atoms with Gasteiger partial charge >= 0.3 is 0 Å². The van der Waals surface area contributed by atoms with Crippen LogP contribution in [0.15, 0.2) is 30.6 Å². The quantitative estimate of drug-likeness (QED) is 0.856. The Balaban J connectivity index is 2.43. The highest BCUT2D eigenvalue weighted by atomic mass is 19.1. The summed E-state index contributed by atoms with van der Waals surface area (Å²) in [6, 6.07) is 4.85. The molecule has 1 aromatic heterocycles. The molecule has 3 N–H and O–H groups in total. The summed E-state index contributed by atoms with van der Waals surface area (Å²) in [5, 5.41) is 7.36. The van der Waals surface area contributed by atoms with E-state index in [1.54, 1.807) is 6.07 Å². The highest BCUT2D eigenvalue weighted by molar-refractivity contribution is 5.92. The fraction of sp³-hybridized carbons (Fsp3) is 0.333. The van der Waals surface area contributed by atoms with Crippen molar-refractivity contribution in [3.05, 3.63) is 47.5 Å². The van der Waals surface area contributed by atoms with Crippen molar-refractivity contribution in [1.82, 2.24) is 15.1 Å². The van der Waals surface area contributed by atoms with Crippen molar-refractivity contribution in [3.8, 4) is 5.69 Å². The standard InChI is InChI=1S/C15H19FN4O/c1-3-7-18-10(2)12-5-4-6-13(16)14(12)20-9-11(8-19-20)15(17)21/h4-6,8-10,18H,3,7H2,1-2H3,(H2,17,21). The number of amides is 1. The van der Waals surface area contributed by atoms with Gasteiger partial charge in [0.2, 0.25) is 0 Å². The van der Waals surface area contributed by atoms with Crippen LogP contribution >= 0.6 is 0 Å². The van der Waals surface area contributed by atoms with Gasteiger partial charge in [0.25, 0.3) is 5.91 Å². The van der Waals surface area contributed by atoms with Crippen LogP contribution in [0, 0.1) is 5.82 Å². The Hall–Kier alpha value is -2.21. The van der Waals surface area contributed by atoms with Crippen molar-refractivity contribution in [2.24, 2.45) is 5.73 Å². The molecule has 0 bridgehead atoms. The summed E-state index contributed by atoms with van der Waals surface area (Å²) in [6.45, 7) is 4.87. The van der Waals surface area contributed by atoms with Gasteiger partial charge in [-0.25, -0.2) is 9.07 Å². The number of aromatic nitrogens is 2. The zero-order valence-electron chi connectivity index (χ0n) is 12.1. The van der Waals surface area contributed by atoms with Crippen LogP contribution in [0.3, 0.4) is 0 Å². The van der Waals surface area contributed by atoms with E-state index < -0.39 is 11.7 Å². The van der Waals surface area contributed by atoms with E-state index in [0.29, 0.717) is 5.69 Å². The second-order valence-corrected chi connectivity index (χ2v) is 4.89. The summed E-state index contributed by atoms with van der Waals surface area (Å²) in [6.07, 6.45) is 3.77. The molecule has 0 aliphatic rings. The second-order valence-electron chi connectivity index (χ2n) is 4.89. The van der Waals surface area contributed by atoms with Gasteiger partial charge in [0.05, 0.1) is 11.8 Å². The van der Waals surface area contributed by atoms with Crippen molar-refractivity contribution in [2.45, 2.75) is 26.3 Å². The average Bonchev–Trinajstić information content (AvgIpc) is 2.94. The zero-order chi connectivity index (χ0) is 15.4. The van der Waals surface area contributed by atoms with Crippen molar-refractivity contribution in [3.63, 3.8) is 0 Å². The van der Waals surface area contributed by atoms with Gasteiger partial charge in [-0.2, -0.15) is 5.10 Å². The van der Waals surface area contributed by atoms with Gasteiger partial charge in [-0.3, -0.25) is 4.79 Å². The third-order valence-corrected chi connectivity index (χ3v) is 3.28. The Morgan fingerprint density at radius 2 is 2.29 bits per heavy atom. The number of rotatable bonds is 6. The molecule has 21 heavy (non-hydrogen) atoms. The lowest BCUT2D eigenvalue weighted by atomic mass is 10.1. The molecule has 0 saturated heterocycles. The van der Waals surface area contributed by atoms with Crippen molar-refractivity contribution >= 4 is 5.91 Å². The predicted octanol–water partition coefficient (Wildman–Crippen LogP) is 2.17. The SMILES string of the molecule is CCCNC(C)c1cccc(F)c1-n1cc(C(N)=O)cn1. The van der Waals surface area contributed by atoms with E-state index >= 15 is 0 Å². The van der Waals surface area contributed by atoms with Crippen LogP contribution < -0.4 is 11.1 Å². The van der Waals surface area contributed by atoms with Crippen LogP contribution in [0.25, 0.3) is 5.69 Å². The zero-order valence-corrected chi connectivity index (χ0v) is 12.1. The van der Waals surface area contributed by atoms with Crippen LogP contribution in [-0.2, 0) is 0 Å². The van der Waals surface area contributed by atoms with Crippen LogP contribution in [0.5, 0.6) is 0 Å². The number of nitrogens with zero attached hydrogens (tertiary/aromatic N) is 2. The first-order valence-corrected chi connectivity index (χ1v) is 6.91. The lowest BCUT2D eigenvalue weighted by Crippen LogP contribution is -2.21. The minimum Gasteiger partial charge on any atom is -0.366 e. The summed E-state index contributed by atoms with van der Waals surface area (Å²) >= 11 is 0. The third kappa shape index (κ3) is 3.28. The van der Waals surface area contributed by atoms with Gasteiger partial charge in [0.15, 0.2) is 0 Å². The van der Waals surface area contributed by atoms with Crippen LogP contribution in [0.2, 0.25) is 0 Å². The van der Waals surface area contributed by atoms with E-state index in [2.05, 4.69) is 17.3 Å². The van der Waals surface area contributed by atoms with Crippen LogP contribution in [-0.4, -0.2) is 22.2 Å². The van der Waals surface area contributed by atoms with Gasteiger partial charge in [0, 0.05) is 12.2 Å². The average molecular weight is 290 g/mol. The molecule has 1 heterocycles. The number of nitrogens with two attached hydrogens (primary N) is 1. The minimum atomic E-state index is -0.587. The smallest absolute Gasteiger partial charge is 0.251 e. The molecule has 0 aliphatic heterocycles. The molecular weight excluding hydrogens is 271 g/mol. The molecule has 1 atom stereocenters. The number of halogens is 1. The lowest BCUT2D eigenvalue weighted by Gasteiger charge is -2.18. The molecule has 1 aromatic carbocycles. The predicted molar refractivity (Wildman–Crippen MR) is 78.7 cm³/mol. The number of nitrogens with one attached hydrogen (secondary N) is 1. The largest absolute Gasteiger partial charge is 0.366 e. The Morgan fingerprint density at radius 1 is 1.52 bits per heavy atom. The fourth-order valence-electron chi connectivity index (χ4n) is 2.17. The first kappa shape index (κ1) is 15.2. The van der Waals surface area contributed by atoms with Crippen molar-refractivity contribution in [2.75, 3.05) is 6.54 Å². The summed E-state index contributed by atoms with van der Waals surface area (Å²) in [4.78, 5) is 11.2. The Morgan fingerprint density at radius 3 is 2.90 bits per heavy atom. The van der Waals surface area contributed by atoms with Gasteiger partial charge < -0.3 is 11.1 Å².